The molecule has 2 N–H and O–H groups in total. The molecule has 2 rings (SSSR count). The van der Waals surface area contributed by atoms with Gasteiger partial charge in [0, 0.05) is 5.92 Å². The topological polar surface area (TPSA) is 66.4 Å². The predicted octanol–water partition coefficient (Wildman–Crippen LogP) is 1.55. The van der Waals surface area contributed by atoms with Gasteiger partial charge in [-0.1, -0.05) is 13.3 Å². The Morgan fingerprint density at radius 1 is 1.25 bits per heavy atom. The summed E-state index contributed by atoms with van der Waals surface area (Å²) >= 11 is 0. The van der Waals surface area contributed by atoms with Gasteiger partial charge in [0.1, 0.15) is 5.54 Å². The van der Waals surface area contributed by atoms with Crippen molar-refractivity contribution in [3.63, 3.8) is 0 Å². The molecule has 90 valence electrons. The van der Waals surface area contributed by atoms with Crippen molar-refractivity contribution in [2.75, 3.05) is 0 Å². The van der Waals surface area contributed by atoms with Crippen LogP contribution < -0.4 is 5.32 Å². The van der Waals surface area contributed by atoms with E-state index >= 15 is 0 Å². The quantitative estimate of drug-likeness (QED) is 0.765. The third-order valence-corrected chi connectivity index (χ3v) is 4.18. The normalized spacial score (nSPS) is 31.8. The maximum Gasteiger partial charge on any atom is 0.329 e. The van der Waals surface area contributed by atoms with Gasteiger partial charge >= 0.3 is 5.97 Å². The SMILES string of the molecule is CC1CCCC1C(=O)NC1(C(=O)O)CCC1. The molecule has 0 aromatic heterocycles. The van der Waals surface area contributed by atoms with Crippen LogP contribution in [0.15, 0.2) is 0 Å². The maximum atomic E-state index is 12.0. The van der Waals surface area contributed by atoms with Crippen molar-refractivity contribution in [1.82, 2.24) is 5.32 Å². The molecule has 0 radical (unpaired) electrons. The molecule has 0 aromatic carbocycles. The smallest absolute Gasteiger partial charge is 0.329 e. The van der Waals surface area contributed by atoms with E-state index in [1.807, 2.05) is 0 Å². The van der Waals surface area contributed by atoms with Gasteiger partial charge in [-0.2, -0.15) is 0 Å². The molecule has 1 amide bonds. The summed E-state index contributed by atoms with van der Waals surface area (Å²) in [5.74, 6) is -0.507. The Bertz CT molecular complexity index is 309. The molecule has 2 unspecified atom stereocenters. The zero-order valence-electron chi connectivity index (χ0n) is 9.66. The van der Waals surface area contributed by atoms with Gasteiger partial charge < -0.3 is 10.4 Å². The van der Waals surface area contributed by atoms with Crippen LogP contribution in [0, 0.1) is 11.8 Å². The minimum absolute atomic E-state index is 0.0248. The summed E-state index contributed by atoms with van der Waals surface area (Å²) in [6.07, 6.45) is 5.12. The van der Waals surface area contributed by atoms with Gasteiger partial charge in [0.25, 0.3) is 0 Å². The number of carboxylic acid groups (broad SMARTS) is 1. The first-order chi connectivity index (χ1) is 7.55. The van der Waals surface area contributed by atoms with Gasteiger partial charge in [-0.3, -0.25) is 4.79 Å². The van der Waals surface area contributed by atoms with Crippen molar-refractivity contribution in [3.05, 3.63) is 0 Å². The molecule has 2 atom stereocenters. The Kier molecular flexibility index (Phi) is 2.91. The molecule has 2 aliphatic rings. The van der Waals surface area contributed by atoms with E-state index in [0.29, 0.717) is 18.8 Å². The van der Waals surface area contributed by atoms with Crippen molar-refractivity contribution in [2.45, 2.75) is 51.0 Å². The van der Waals surface area contributed by atoms with E-state index in [-0.39, 0.29) is 11.8 Å². The molecular weight excluding hydrogens is 206 g/mol. The second-order valence-corrected chi connectivity index (χ2v) is 5.24. The number of carboxylic acids is 1. The summed E-state index contributed by atoms with van der Waals surface area (Å²) < 4.78 is 0. The molecule has 2 fully saturated rings. The highest BCUT2D eigenvalue weighted by Crippen LogP contribution is 2.35. The molecule has 2 saturated carbocycles. The molecule has 4 nitrogen and oxygen atoms in total. The van der Waals surface area contributed by atoms with Crippen LogP contribution in [0.2, 0.25) is 0 Å². The van der Waals surface area contributed by atoms with Gasteiger partial charge in [-0.15, -0.1) is 0 Å². The van der Waals surface area contributed by atoms with Crippen molar-refractivity contribution in [1.29, 1.82) is 0 Å². The third-order valence-electron chi connectivity index (χ3n) is 4.18. The zero-order valence-corrected chi connectivity index (χ0v) is 9.66. The first-order valence-electron chi connectivity index (χ1n) is 6.10. The van der Waals surface area contributed by atoms with E-state index in [4.69, 9.17) is 5.11 Å². The molecule has 0 saturated heterocycles. The summed E-state index contributed by atoms with van der Waals surface area (Å²) in [6, 6.07) is 0. The van der Waals surface area contributed by atoms with E-state index in [1.165, 1.54) is 0 Å². The first-order valence-corrected chi connectivity index (χ1v) is 6.10. The molecular formula is C12H19NO3. The molecule has 4 heteroatoms. The summed E-state index contributed by atoms with van der Waals surface area (Å²) in [7, 11) is 0. The monoisotopic (exact) mass is 225 g/mol. The lowest BCUT2D eigenvalue weighted by atomic mass is 9.76. The molecule has 16 heavy (non-hydrogen) atoms. The number of hydrogen-bond donors (Lipinski definition) is 2. The highest BCUT2D eigenvalue weighted by atomic mass is 16.4. The minimum Gasteiger partial charge on any atom is -0.480 e. The lowest BCUT2D eigenvalue weighted by Crippen LogP contribution is -2.60. The summed E-state index contributed by atoms with van der Waals surface area (Å²) in [4.78, 5) is 23.1. The highest BCUT2D eigenvalue weighted by Gasteiger charge is 2.47. The van der Waals surface area contributed by atoms with Gasteiger partial charge in [-0.05, 0) is 38.0 Å². The Labute approximate surface area is 95.4 Å². The molecule has 0 aliphatic heterocycles. The fourth-order valence-electron chi connectivity index (χ4n) is 2.79. The van der Waals surface area contributed by atoms with Gasteiger partial charge in [0.2, 0.25) is 5.91 Å². The number of aliphatic carboxylic acids is 1. The lowest BCUT2D eigenvalue weighted by molar-refractivity contribution is -0.152. The van der Waals surface area contributed by atoms with Gasteiger partial charge in [0.05, 0.1) is 0 Å². The molecule has 2 aliphatic carbocycles. The number of hydrogen-bond acceptors (Lipinski definition) is 2. The molecule has 0 bridgehead atoms. The van der Waals surface area contributed by atoms with Gasteiger partial charge in [0.15, 0.2) is 0 Å². The second-order valence-electron chi connectivity index (χ2n) is 5.24. The third kappa shape index (κ3) is 1.81. The van der Waals surface area contributed by atoms with Gasteiger partial charge in [-0.25, -0.2) is 4.79 Å². The number of rotatable bonds is 3. The standard InChI is InChI=1S/C12H19NO3/c1-8-4-2-5-9(8)10(14)13-12(11(15)16)6-3-7-12/h8-9H,2-7H2,1H3,(H,13,14)(H,15,16). The lowest BCUT2D eigenvalue weighted by Gasteiger charge is -2.39. The minimum atomic E-state index is -0.945. The largest absolute Gasteiger partial charge is 0.480 e. The second kappa shape index (κ2) is 4.07. The molecule has 0 heterocycles. The van der Waals surface area contributed by atoms with Crippen molar-refractivity contribution < 1.29 is 14.7 Å². The van der Waals surface area contributed by atoms with Crippen LogP contribution in [-0.2, 0) is 9.59 Å². The summed E-state index contributed by atoms with van der Waals surface area (Å²) in [5.41, 5.74) is -0.945. The van der Waals surface area contributed by atoms with Crippen LogP contribution in [0.5, 0.6) is 0 Å². The fraction of sp³-hybridized carbons (Fsp3) is 0.833. The highest BCUT2D eigenvalue weighted by molar-refractivity contribution is 5.89. The first kappa shape index (κ1) is 11.4. The van der Waals surface area contributed by atoms with Crippen LogP contribution in [0.25, 0.3) is 0 Å². The maximum absolute atomic E-state index is 12.0. The Morgan fingerprint density at radius 3 is 2.31 bits per heavy atom. The molecule has 0 aromatic rings. The van der Waals surface area contributed by atoms with Crippen LogP contribution in [0.1, 0.15) is 45.4 Å². The van der Waals surface area contributed by atoms with Crippen molar-refractivity contribution >= 4 is 11.9 Å². The Morgan fingerprint density at radius 2 is 1.94 bits per heavy atom. The number of amides is 1. The summed E-state index contributed by atoms with van der Waals surface area (Å²) in [6.45, 7) is 2.07. The number of carbonyl (C=O) groups is 2. The zero-order chi connectivity index (χ0) is 11.8. The Balaban J connectivity index is 1.98. The van der Waals surface area contributed by atoms with E-state index in [2.05, 4.69) is 12.2 Å². The number of nitrogens with one attached hydrogen (secondary N) is 1. The Hall–Kier alpha value is -1.06. The number of carbonyl (C=O) groups excluding carboxylic acids is 1. The fourth-order valence-corrected chi connectivity index (χ4v) is 2.79. The van der Waals surface area contributed by atoms with E-state index in [0.717, 1.165) is 25.7 Å². The van der Waals surface area contributed by atoms with Crippen molar-refractivity contribution in [2.24, 2.45) is 11.8 Å². The van der Waals surface area contributed by atoms with Crippen LogP contribution in [-0.4, -0.2) is 22.5 Å². The average molecular weight is 225 g/mol. The average Bonchev–Trinajstić information content (AvgIpc) is 2.57. The molecule has 0 spiro atoms. The van der Waals surface area contributed by atoms with E-state index in [1.54, 1.807) is 0 Å². The summed E-state index contributed by atoms with van der Waals surface area (Å²) in [5, 5.41) is 11.9. The van der Waals surface area contributed by atoms with Crippen LogP contribution >= 0.6 is 0 Å². The van der Waals surface area contributed by atoms with Crippen molar-refractivity contribution in [3.8, 4) is 0 Å². The van der Waals surface area contributed by atoms with E-state index in [9.17, 15) is 9.59 Å². The van der Waals surface area contributed by atoms with Crippen LogP contribution in [0.4, 0.5) is 0 Å². The predicted molar refractivity (Wildman–Crippen MR) is 58.9 cm³/mol. The van der Waals surface area contributed by atoms with Crippen LogP contribution in [0.3, 0.4) is 0 Å². The van der Waals surface area contributed by atoms with E-state index < -0.39 is 11.5 Å².